The summed E-state index contributed by atoms with van der Waals surface area (Å²) in [6.07, 6.45) is 4.66. The van der Waals surface area contributed by atoms with Gasteiger partial charge in [-0.05, 0) is 12.8 Å². The van der Waals surface area contributed by atoms with Crippen molar-refractivity contribution in [2.24, 2.45) is 5.92 Å². The Bertz CT molecular complexity index is 283. The number of hydrogen-bond acceptors (Lipinski definition) is 3. The van der Waals surface area contributed by atoms with Gasteiger partial charge in [-0.3, -0.25) is 9.59 Å². The van der Waals surface area contributed by atoms with Gasteiger partial charge in [-0.1, -0.05) is 12.8 Å². The highest BCUT2D eigenvalue weighted by molar-refractivity contribution is 5.80. The lowest BCUT2D eigenvalue weighted by molar-refractivity contribution is -0.126. The summed E-state index contributed by atoms with van der Waals surface area (Å²) < 4.78 is 4.96. The molecule has 0 radical (unpaired) electrons. The Labute approximate surface area is 101 Å². The van der Waals surface area contributed by atoms with Crippen molar-refractivity contribution < 1.29 is 14.3 Å². The highest BCUT2D eigenvalue weighted by Gasteiger charge is 2.23. The standard InChI is InChI=1S/C12H20N2O3/c15-11(14-10-7-17-8-10)5-6-13-12(16)9-3-1-2-4-9/h9-10H,1-8H2,(H,13,16)(H,14,15). The van der Waals surface area contributed by atoms with Gasteiger partial charge in [-0.2, -0.15) is 0 Å². The molecule has 96 valence electrons. The van der Waals surface area contributed by atoms with Gasteiger partial charge in [-0.15, -0.1) is 0 Å². The Hall–Kier alpha value is -1.10. The summed E-state index contributed by atoms with van der Waals surface area (Å²) in [4.78, 5) is 23.1. The first-order valence-electron chi connectivity index (χ1n) is 6.40. The molecule has 1 saturated heterocycles. The van der Waals surface area contributed by atoms with Crippen molar-refractivity contribution in [3.63, 3.8) is 0 Å². The minimum atomic E-state index is -0.00924. The van der Waals surface area contributed by atoms with Crippen LogP contribution in [0.2, 0.25) is 0 Å². The van der Waals surface area contributed by atoms with E-state index in [2.05, 4.69) is 10.6 Å². The van der Waals surface area contributed by atoms with E-state index in [0.717, 1.165) is 25.7 Å². The first-order chi connectivity index (χ1) is 8.25. The molecule has 0 atom stereocenters. The maximum atomic E-state index is 11.7. The van der Waals surface area contributed by atoms with Crippen molar-refractivity contribution in [1.82, 2.24) is 10.6 Å². The third kappa shape index (κ3) is 3.70. The summed E-state index contributed by atoms with van der Waals surface area (Å²) in [5.41, 5.74) is 0. The zero-order valence-electron chi connectivity index (χ0n) is 10.0. The van der Waals surface area contributed by atoms with Gasteiger partial charge in [0.15, 0.2) is 0 Å². The third-order valence-corrected chi connectivity index (χ3v) is 3.38. The molecule has 1 saturated carbocycles. The van der Waals surface area contributed by atoms with Crippen LogP contribution in [0.1, 0.15) is 32.1 Å². The number of ether oxygens (including phenoxy) is 1. The molecule has 1 aliphatic heterocycles. The van der Waals surface area contributed by atoms with Gasteiger partial charge in [0.1, 0.15) is 0 Å². The van der Waals surface area contributed by atoms with Crippen LogP contribution in [0.15, 0.2) is 0 Å². The lowest BCUT2D eigenvalue weighted by Crippen LogP contribution is -2.49. The Morgan fingerprint density at radius 3 is 2.47 bits per heavy atom. The van der Waals surface area contributed by atoms with Gasteiger partial charge in [-0.25, -0.2) is 0 Å². The molecule has 5 nitrogen and oxygen atoms in total. The summed E-state index contributed by atoms with van der Waals surface area (Å²) in [6, 6.07) is 0.174. The number of nitrogens with one attached hydrogen (secondary N) is 2. The molecule has 2 N–H and O–H groups in total. The Balaban J connectivity index is 1.55. The van der Waals surface area contributed by atoms with E-state index in [9.17, 15) is 9.59 Å². The van der Waals surface area contributed by atoms with Gasteiger partial charge in [0.2, 0.25) is 11.8 Å². The predicted molar refractivity (Wildman–Crippen MR) is 62.3 cm³/mol. The van der Waals surface area contributed by atoms with Crippen LogP contribution in [0.3, 0.4) is 0 Å². The van der Waals surface area contributed by atoms with Crippen LogP contribution < -0.4 is 10.6 Å². The molecule has 2 rings (SSSR count). The summed E-state index contributed by atoms with van der Waals surface area (Å²) in [5.74, 6) is 0.283. The van der Waals surface area contributed by atoms with Crippen molar-refractivity contribution in [2.75, 3.05) is 19.8 Å². The fraction of sp³-hybridized carbons (Fsp3) is 0.833. The van der Waals surface area contributed by atoms with Crippen molar-refractivity contribution in [3.05, 3.63) is 0 Å². The molecule has 0 aromatic rings. The number of rotatable bonds is 5. The lowest BCUT2D eigenvalue weighted by Gasteiger charge is -2.26. The highest BCUT2D eigenvalue weighted by Crippen LogP contribution is 2.24. The maximum absolute atomic E-state index is 11.7. The van der Waals surface area contributed by atoms with Crippen LogP contribution in [-0.4, -0.2) is 37.6 Å². The zero-order valence-corrected chi connectivity index (χ0v) is 10.0. The Morgan fingerprint density at radius 2 is 1.88 bits per heavy atom. The molecule has 0 aromatic carbocycles. The predicted octanol–water partition coefficient (Wildman–Crippen LogP) is 0.198. The van der Waals surface area contributed by atoms with Crippen LogP contribution in [-0.2, 0) is 14.3 Å². The second kappa shape index (κ2) is 6.00. The van der Waals surface area contributed by atoms with Crippen LogP contribution in [0, 0.1) is 5.92 Å². The smallest absolute Gasteiger partial charge is 0.223 e. The average Bonchev–Trinajstić information content (AvgIpc) is 2.76. The molecule has 0 aromatic heterocycles. The minimum absolute atomic E-state index is 0.00924. The summed E-state index contributed by atoms with van der Waals surface area (Å²) in [7, 11) is 0. The number of hydrogen-bond donors (Lipinski definition) is 2. The number of carbonyl (C=O) groups is 2. The third-order valence-electron chi connectivity index (χ3n) is 3.38. The lowest BCUT2D eigenvalue weighted by atomic mass is 10.1. The van der Waals surface area contributed by atoms with Crippen molar-refractivity contribution in [1.29, 1.82) is 0 Å². The van der Waals surface area contributed by atoms with Crippen molar-refractivity contribution >= 4 is 11.8 Å². The largest absolute Gasteiger partial charge is 0.377 e. The molecule has 2 aliphatic rings. The van der Waals surface area contributed by atoms with Crippen LogP contribution in [0.5, 0.6) is 0 Å². The Kier molecular flexibility index (Phi) is 4.36. The fourth-order valence-electron chi connectivity index (χ4n) is 2.25. The van der Waals surface area contributed by atoms with Gasteiger partial charge < -0.3 is 15.4 Å². The molecule has 17 heavy (non-hydrogen) atoms. The SMILES string of the molecule is O=C(CCNC(=O)C1CCCC1)NC1COC1. The molecule has 0 unspecified atom stereocenters. The molecule has 0 bridgehead atoms. The van der Waals surface area contributed by atoms with Crippen molar-refractivity contribution in [3.8, 4) is 0 Å². The number of carbonyl (C=O) groups excluding carboxylic acids is 2. The molecule has 1 heterocycles. The molecule has 0 spiro atoms. The number of amides is 2. The van der Waals surface area contributed by atoms with Gasteiger partial charge in [0.05, 0.1) is 19.3 Å². The van der Waals surface area contributed by atoms with E-state index < -0.39 is 0 Å². The topological polar surface area (TPSA) is 67.4 Å². The van der Waals surface area contributed by atoms with E-state index in [1.165, 1.54) is 0 Å². The quantitative estimate of drug-likeness (QED) is 0.721. The molecule has 2 amide bonds. The second-order valence-electron chi connectivity index (χ2n) is 4.82. The average molecular weight is 240 g/mol. The molecule has 1 aliphatic carbocycles. The van der Waals surface area contributed by atoms with E-state index in [0.29, 0.717) is 26.2 Å². The van der Waals surface area contributed by atoms with Crippen LogP contribution in [0.4, 0.5) is 0 Å². The molecule has 2 fully saturated rings. The van der Waals surface area contributed by atoms with Crippen molar-refractivity contribution in [2.45, 2.75) is 38.1 Å². The monoisotopic (exact) mass is 240 g/mol. The summed E-state index contributed by atoms with van der Waals surface area (Å²) in [6.45, 7) is 1.66. The first kappa shape index (κ1) is 12.4. The first-order valence-corrected chi connectivity index (χ1v) is 6.40. The Morgan fingerprint density at radius 1 is 1.18 bits per heavy atom. The minimum Gasteiger partial charge on any atom is -0.377 e. The summed E-state index contributed by atoms with van der Waals surface area (Å²) in [5, 5.41) is 5.68. The van der Waals surface area contributed by atoms with E-state index in [1.807, 2.05) is 0 Å². The van der Waals surface area contributed by atoms with Gasteiger partial charge in [0.25, 0.3) is 0 Å². The highest BCUT2D eigenvalue weighted by atomic mass is 16.5. The van der Waals surface area contributed by atoms with E-state index in [1.54, 1.807) is 0 Å². The maximum Gasteiger partial charge on any atom is 0.223 e. The molecular weight excluding hydrogens is 220 g/mol. The van der Waals surface area contributed by atoms with Crippen LogP contribution >= 0.6 is 0 Å². The zero-order chi connectivity index (χ0) is 12.1. The van der Waals surface area contributed by atoms with E-state index >= 15 is 0 Å². The normalized spacial score (nSPS) is 20.9. The molecular formula is C12H20N2O3. The van der Waals surface area contributed by atoms with E-state index in [-0.39, 0.29) is 23.8 Å². The van der Waals surface area contributed by atoms with Gasteiger partial charge >= 0.3 is 0 Å². The summed E-state index contributed by atoms with van der Waals surface area (Å²) >= 11 is 0. The van der Waals surface area contributed by atoms with Crippen LogP contribution in [0.25, 0.3) is 0 Å². The fourth-order valence-corrected chi connectivity index (χ4v) is 2.25. The van der Waals surface area contributed by atoms with E-state index in [4.69, 9.17) is 4.74 Å². The van der Waals surface area contributed by atoms with Gasteiger partial charge in [0, 0.05) is 18.9 Å². The second-order valence-corrected chi connectivity index (χ2v) is 4.82. The molecule has 5 heteroatoms.